The topological polar surface area (TPSA) is 0 Å². The summed E-state index contributed by atoms with van der Waals surface area (Å²) in [6.07, 6.45) is 0. The Hall–Kier alpha value is -4.97. The summed E-state index contributed by atoms with van der Waals surface area (Å²) in [5, 5.41) is 16.8. The van der Waals surface area contributed by atoms with Gasteiger partial charge < -0.3 is 0 Å². The average molecular weight is 1480 g/mol. The number of hydrogen-bond acceptors (Lipinski definition) is 0. The first-order valence-electron chi connectivity index (χ1n) is 26.6. The molecule has 0 aromatic heterocycles. The van der Waals surface area contributed by atoms with Crippen LogP contribution in [0.4, 0.5) is 0 Å². The number of hydrogen-bond donors (Lipinski definition) is 0. The second-order valence-electron chi connectivity index (χ2n) is 17.5. The van der Waals surface area contributed by atoms with E-state index in [1.54, 1.807) is 0 Å². The van der Waals surface area contributed by atoms with Crippen LogP contribution in [0.1, 0.15) is 0 Å². The summed E-state index contributed by atoms with van der Waals surface area (Å²) in [5.74, 6) is 0. The summed E-state index contributed by atoms with van der Waals surface area (Å²) in [6, 6.07) is 129. The third-order valence-electron chi connectivity index (χ3n) is 12.2. The van der Waals surface area contributed by atoms with Crippen LogP contribution in [0.15, 0.2) is 364 Å². The van der Waals surface area contributed by atoms with Gasteiger partial charge in [-0.15, -0.1) is 0 Å². The summed E-state index contributed by atoms with van der Waals surface area (Å²) in [4.78, 5) is 0. The fourth-order valence-corrected chi connectivity index (χ4v) is 17.9. The van der Waals surface area contributed by atoms with Crippen molar-refractivity contribution in [2.75, 3.05) is 0 Å². The van der Waals surface area contributed by atoms with Gasteiger partial charge >= 0.3 is 105 Å². The van der Waals surface area contributed by atoms with Crippen LogP contribution in [0.3, 0.4) is 0 Å². The summed E-state index contributed by atoms with van der Waals surface area (Å²) < 4.78 is 0. The molecule has 0 spiro atoms. The van der Waals surface area contributed by atoms with Gasteiger partial charge in [-0.05, 0) is 95.3 Å². The van der Waals surface area contributed by atoms with Crippen LogP contribution in [-0.4, -0.2) is 0 Å². The zero-order valence-corrected chi connectivity index (χ0v) is 58.2. The van der Waals surface area contributed by atoms with Crippen LogP contribution in [-0.2, 0) is 54.4 Å². The second-order valence-corrected chi connectivity index (χ2v) is 31.6. The molecule has 0 aliphatic carbocycles. The molecule has 12 aromatic carbocycles. The Bertz CT molecular complexity index is 2750. The Morgan fingerprint density at radius 3 is 0.279 bits per heavy atom. The van der Waals surface area contributed by atoms with E-state index in [0.717, 1.165) is 0 Å². The summed E-state index contributed by atoms with van der Waals surface area (Å²) in [7, 11) is 17.6. The zero-order valence-electron chi connectivity index (χ0n) is 46.5. The molecule has 12 rings (SSSR count). The Morgan fingerprint density at radius 2 is 0.221 bits per heavy atom. The van der Waals surface area contributed by atoms with Gasteiger partial charge in [0.2, 0.25) is 0 Å². The molecule has 0 unspecified atom stereocenters. The van der Waals surface area contributed by atoms with Gasteiger partial charge in [0.25, 0.3) is 0 Å². The monoisotopic (exact) mass is 1480 g/mol. The summed E-state index contributed by atoms with van der Waals surface area (Å²) >= 11 is 5.98. The Morgan fingerprint density at radius 1 is 0.163 bits per heavy atom. The molecule has 0 saturated heterocycles. The van der Waals surface area contributed by atoms with Gasteiger partial charge in [-0.1, -0.05) is 364 Å². The van der Waals surface area contributed by atoms with Gasteiger partial charge in [-0.2, -0.15) is 0 Å². The van der Waals surface area contributed by atoms with Crippen molar-refractivity contribution in [2.45, 2.75) is 0 Å². The van der Waals surface area contributed by atoms with Gasteiger partial charge in [-0.25, -0.2) is 0 Å². The molecule has 0 N–H and O–H groups in total. The van der Waals surface area contributed by atoms with E-state index in [-0.39, 0.29) is 30.3 Å². The van der Waals surface area contributed by atoms with E-state index in [1.165, 1.54) is 63.7 Å². The molecule has 0 amide bonds. The normalized spacial score (nSPS) is 9.91. The first-order chi connectivity index (χ1) is 42.6. The van der Waals surface area contributed by atoms with Crippen molar-refractivity contribution in [1.29, 1.82) is 0 Å². The first kappa shape index (κ1) is 71.8. The predicted molar refractivity (Wildman–Crippen MR) is 385 cm³/mol. The predicted octanol–water partition coefficient (Wildman–Crippen LogP) is 16.7. The maximum Gasteiger partial charge on any atom is -0.0134 e. The summed E-state index contributed by atoms with van der Waals surface area (Å²) in [5.41, 5.74) is 10.7. The average Bonchev–Trinajstić information content (AvgIpc) is 3.78. The fourth-order valence-electron chi connectivity index (χ4n) is 8.71. The molecule has 0 atom stereocenters. The third-order valence-corrected chi connectivity index (χ3v) is 21.9. The minimum atomic E-state index is -0.446. The van der Waals surface area contributed by atoms with Crippen molar-refractivity contribution in [1.82, 2.24) is 0 Å². The molecule has 0 aliphatic heterocycles. The summed E-state index contributed by atoms with van der Waals surface area (Å²) in [6.45, 7) is 0. The van der Waals surface area contributed by atoms with Crippen molar-refractivity contribution in [3.8, 4) is 0 Å². The van der Waals surface area contributed by atoms with E-state index in [4.69, 9.17) is 50.1 Å². The van der Waals surface area contributed by atoms with Crippen LogP contribution in [0, 0.1) is 11.4 Å². The Balaban J connectivity index is 0.000000199. The zero-order chi connectivity index (χ0) is 61.1. The molecule has 12 aromatic rings. The van der Waals surface area contributed by atoms with E-state index in [0.29, 0.717) is 0 Å². The SMILES string of the molecule is [C-]#[S+].[C-]#[S+].[Cl][Ru][Cl].[Cl][Ru][Cl].c1ccc(P(c2ccccc2)c2ccccc2)cc1.c1ccc(P(c2ccccc2)c2ccccc2)cc1.c1ccc(P(c2ccccc2)c2ccccc2)cc1.c1ccc(P(c2ccccc2)c2ccccc2)cc1. The first-order valence-corrected chi connectivity index (χ1v) is 41.7. The minimum absolute atomic E-state index is 0.346. The molecule has 0 saturated carbocycles. The van der Waals surface area contributed by atoms with Gasteiger partial charge in [0.05, 0.1) is 0 Å². The maximum atomic E-state index is 5.33. The molecule has 0 radical (unpaired) electrons. The van der Waals surface area contributed by atoms with Gasteiger partial charge in [0.1, 0.15) is 0 Å². The second kappa shape index (κ2) is 45.3. The quantitative estimate of drug-likeness (QED) is 0.0495. The number of benzene rings is 12. The van der Waals surface area contributed by atoms with Crippen LogP contribution < -0.4 is 63.7 Å². The van der Waals surface area contributed by atoms with E-state index >= 15 is 0 Å². The van der Waals surface area contributed by atoms with Crippen LogP contribution >= 0.6 is 70.5 Å². The standard InChI is InChI=1S/4C18H15P.2CS.4ClH.2Ru/c4*1-4-10-16(11-5-1)19(17-12-6-2-7-13-17)18-14-8-3-9-15-18;2*1-2;;;;;;/h4*1-15H;;;4*1H;;/q;;;;;;;;;;2*+2/p-4. The van der Waals surface area contributed by atoms with Gasteiger partial charge in [0.15, 0.2) is 0 Å². The third kappa shape index (κ3) is 24.9. The Kier molecular flexibility index (Phi) is 37.8. The van der Waals surface area contributed by atoms with Crippen molar-refractivity contribution in [3.63, 3.8) is 0 Å². The number of halogens is 4. The van der Waals surface area contributed by atoms with Gasteiger partial charge in [-0.3, -0.25) is 0 Å². The van der Waals surface area contributed by atoms with Crippen molar-refractivity contribution in [3.05, 3.63) is 375 Å². The van der Waals surface area contributed by atoms with Crippen molar-refractivity contribution >= 4 is 158 Å². The molecule has 0 heterocycles. The van der Waals surface area contributed by atoms with E-state index in [2.05, 4.69) is 388 Å². The van der Waals surface area contributed by atoms with Crippen molar-refractivity contribution < 1.29 is 30.3 Å². The maximum absolute atomic E-state index is 5.33. The molecule has 12 heteroatoms. The molecular weight excluding hydrogens is 1420 g/mol. The van der Waals surface area contributed by atoms with Crippen molar-refractivity contribution in [2.24, 2.45) is 0 Å². The van der Waals surface area contributed by atoms with Crippen LogP contribution in [0.25, 0.3) is 0 Å². The molecule has 432 valence electrons. The van der Waals surface area contributed by atoms with E-state index < -0.39 is 31.7 Å². The van der Waals surface area contributed by atoms with E-state index in [1.807, 2.05) is 0 Å². The molecule has 0 nitrogen and oxygen atoms in total. The van der Waals surface area contributed by atoms with E-state index in [9.17, 15) is 0 Å². The molecule has 0 aliphatic rings. The molecular formula is C74H60Cl4P4Ru2S2. The van der Waals surface area contributed by atoms with Crippen LogP contribution in [0.2, 0.25) is 0 Å². The smallest absolute Gasteiger partial charge is 0.0134 e. The van der Waals surface area contributed by atoms with Gasteiger partial charge in [0, 0.05) is 0 Å². The number of rotatable bonds is 12. The van der Waals surface area contributed by atoms with Crippen LogP contribution in [0.5, 0.6) is 0 Å². The fraction of sp³-hybridized carbons (Fsp3) is 0. The largest absolute Gasteiger partial charge is 0.0622 e. The Labute approximate surface area is 558 Å². The molecule has 0 bridgehead atoms. The minimum Gasteiger partial charge on any atom is -0.0622 e. The molecule has 0 fully saturated rings. The molecule has 86 heavy (non-hydrogen) atoms.